The van der Waals surface area contributed by atoms with Crippen molar-refractivity contribution in [2.24, 2.45) is 0 Å². The van der Waals surface area contributed by atoms with E-state index in [4.69, 9.17) is 9.72 Å². The van der Waals surface area contributed by atoms with Gasteiger partial charge in [0.1, 0.15) is 5.01 Å². The average molecular weight is 344 g/mol. The van der Waals surface area contributed by atoms with Gasteiger partial charge in [-0.2, -0.15) is 0 Å². The van der Waals surface area contributed by atoms with Gasteiger partial charge in [0.05, 0.1) is 12.3 Å². The number of ether oxygens (including phenoxy) is 1. The van der Waals surface area contributed by atoms with Gasteiger partial charge in [-0.15, -0.1) is 11.3 Å². The van der Waals surface area contributed by atoms with Crippen molar-refractivity contribution in [3.05, 3.63) is 41.4 Å². The summed E-state index contributed by atoms with van der Waals surface area (Å²) in [5.74, 6) is -0.877. The Kier molecular flexibility index (Phi) is 4.12. The van der Waals surface area contributed by atoms with Crippen LogP contribution in [0.4, 0.5) is 0 Å². The first-order valence-corrected chi connectivity index (χ1v) is 9.14. The lowest BCUT2D eigenvalue weighted by atomic mass is 9.74. The molecular formula is C18H20N2O3S. The predicted octanol–water partition coefficient (Wildman–Crippen LogP) is 3.02. The van der Waals surface area contributed by atoms with Crippen LogP contribution < -0.4 is 0 Å². The smallest absolute Gasteiger partial charge is 0.334 e. The average Bonchev–Trinajstić information content (AvgIpc) is 3.02. The molecule has 2 aliphatic rings. The second-order valence-corrected chi connectivity index (χ2v) is 7.46. The first kappa shape index (κ1) is 15.7. The summed E-state index contributed by atoms with van der Waals surface area (Å²) in [6.07, 6.45) is 2.61. The molecular weight excluding hydrogens is 324 g/mol. The fraction of sp³-hybridized carbons (Fsp3) is 0.444. The van der Waals surface area contributed by atoms with E-state index in [-0.39, 0.29) is 5.54 Å². The number of benzene rings is 1. The van der Waals surface area contributed by atoms with Crippen LogP contribution in [-0.2, 0) is 16.1 Å². The molecule has 1 spiro atoms. The molecule has 5 nitrogen and oxygen atoms in total. The molecule has 126 valence electrons. The normalized spacial score (nSPS) is 23.1. The van der Waals surface area contributed by atoms with E-state index < -0.39 is 12.1 Å². The number of hydrogen-bond acceptors (Lipinski definition) is 5. The van der Waals surface area contributed by atoms with Gasteiger partial charge in [0.15, 0.2) is 6.10 Å². The zero-order chi connectivity index (χ0) is 16.6. The minimum Gasteiger partial charge on any atom is -0.479 e. The Morgan fingerprint density at radius 1 is 1.38 bits per heavy atom. The molecule has 24 heavy (non-hydrogen) atoms. The third-order valence-corrected chi connectivity index (χ3v) is 6.04. The highest BCUT2D eigenvalue weighted by atomic mass is 32.1. The Morgan fingerprint density at radius 3 is 2.83 bits per heavy atom. The molecule has 0 amide bonds. The molecule has 1 unspecified atom stereocenters. The van der Waals surface area contributed by atoms with Crippen molar-refractivity contribution in [3.8, 4) is 10.6 Å². The molecule has 1 aromatic carbocycles. The van der Waals surface area contributed by atoms with Crippen LogP contribution in [0.5, 0.6) is 0 Å². The molecule has 1 aromatic heterocycles. The molecule has 2 aromatic rings. The van der Waals surface area contributed by atoms with Crippen LogP contribution in [0.15, 0.2) is 35.7 Å². The third-order valence-electron chi connectivity index (χ3n) is 5.10. The number of thiazole rings is 1. The summed E-state index contributed by atoms with van der Waals surface area (Å²) in [5, 5.41) is 12.4. The minimum atomic E-state index is -0.877. The van der Waals surface area contributed by atoms with Crippen LogP contribution in [0.25, 0.3) is 10.6 Å². The summed E-state index contributed by atoms with van der Waals surface area (Å²) in [4.78, 5) is 18.3. The summed E-state index contributed by atoms with van der Waals surface area (Å²) in [7, 11) is 0. The summed E-state index contributed by atoms with van der Waals surface area (Å²) >= 11 is 1.64. The Hall–Kier alpha value is -1.76. The predicted molar refractivity (Wildman–Crippen MR) is 91.9 cm³/mol. The molecule has 6 heteroatoms. The molecule has 1 saturated carbocycles. The first-order valence-electron chi connectivity index (χ1n) is 8.26. The minimum absolute atomic E-state index is 0.0163. The standard InChI is InChI=1S/C18H20N2O3S/c21-17(22)15-10-20(18(12-23-15)7-4-8-18)9-14-11-24-16(19-14)13-5-2-1-3-6-13/h1-3,5-6,11,15H,4,7-10,12H2,(H,21,22). The Labute approximate surface area is 144 Å². The summed E-state index contributed by atoms with van der Waals surface area (Å²) in [6, 6.07) is 10.1. The van der Waals surface area contributed by atoms with Crippen LogP contribution in [0.2, 0.25) is 0 Å². The van der Waals surface area contributed by atoms with Crippen molar-refractivity contribution >= 4 is 17.3 Å². The van der Waals surface area contributed by atoms with Gasteiger partial charge in [-0.25, -0.2) is 9.78 Å². The van der Waals surface area contributed by atoms with Crippen molar-refractivity contribution in [2.45, 2.75) is 37.5 Å². The van der Waals surface area contributed by atoms with E-state index in [1.165, 1.54) is 6.42 Å². The van der Waals surface area contributed by atoms with Crippen LogP contribution in [0.3, 0.4) is 0 Å². The molecule has 1 aliphatic heterocycles. The number of morpholine rings is 1. The lowest BCUT2D eigenvalue weighted by Crippen LogP contribution is -2.63. The largest absolute Gasteiger partial charge is 0.479 e. The number of carboxylic acids is 1. The molecule has 0 radical (unpaired) electrons. The van der Waals surface area contributed by atoms with Gasteiger partial charge in [-0.1, -0.05) is 30.3 Å². The van der Waals surface area contributed by atoms with Crippen LogP contribution in [0, 0.1) is 0 Å². The van der Waals surface area contributed by atoms with Gasteiger partial charge in [0, 0.05) is 29.6 Å². The number of aromatic nitrogens is 1. The number of rotatable bonds is 4. The maximum Gasteiger partial charge on any atom is 0.334 e. The fourth-order valence-corrected chi connectivity index (χ4v) is 4.33. The Bertz CT molecular complexity index is 727. The molecule has 1 N–H and O–H groups in total. The Morgan fingerprint density at radius 2 is 2.17 bits per heavy atom. The van der Waals surface area contributed by atoms with Crippen molar-refractivity contribution in [1.82, 2.24) is 9.88 Å². The van der Waals surface area contributed by atoms with E-state index in [1.54, 1.807) is 11.3 Å². The van der Waals surface area contributed by atoms with Crippen molar-refractivity contribution in [2.75, 3.05) is 13.2 Å². The molecule has 0 bridgehead atoms. The highest BCUT2D eigenvalue weighted by Crippen LogP contribution is 2.41. The number of aliphatic carboxylic acids is 1. The van der Waals surface area contributed by atoms with Gasteiger partial charge in [-0.3, -0.25) is 4.90 Å². The van der Waals surface area contributed by atoms with E-state index in [1.807, 2.05) is 18.2 Å². The van der Waals surface area contributed by atoms with Crippen molar-refractivity contribution < 1.29 is 14.6 Å². The summed E-state index contributed by atoms with van der Waals surface area (Å²) < 4.78 is 5.58. The second-order valence-electron chi connectivity index (χ2n) is 6.61. The van der Waals surface area contributed by atoms with Crippen LogP contribution in [-0.4, -0.2) is 45.8 Å². The summed E-state index contributed by atoms with van der Waals surface area (Å²) in [5.41, 5.74) is 2.15. The van der Waals surface area contributed by atoms with E-state index in [2.05, 4.69) is 22.4 Å². The van der Waals surface area contributed by atoms with E-state index in [0.717, 1.165) is 29.1 Å². The fourth-order valence-electron chi connectivity index (χ4n) is 3.51. The van der Waals surface area contributed by atoms with Gasteiger partial charge in [0.2, 0.25) is 0 Å². The number of nitrogens with zero attached hydrogens (tertiary/aromatic N) is 2. The second kappa shape index (κ2) is 6.27. The van der Waals surface area contributed by atoms with E-state index in [9.17, 15) is 9.90 Å². The molecule has 2 heterocycles. The van der Waals surface area contributed by atoms with Gasteiger partial charge < -0.3 is 9.84 Å². The summed E-state index contributed by atoms with van der Waals surface area (Å²) in [6.45, 7) is 1.64. The number of carbonyl (C=O) groups is 1. The maximum absolute atomic E-state index is 11.3. The lowest BCUT2D eigenvalue weighted by molar-refractivity contribution is -0.178. The third kappa shape index (κ3) is 2.85. The Balaban J connectivity index is 1.52. The maximum atomic E-state index is 11.3. The lowest BCUT2D eigenvalue weighted by Gasteiger charge is -2.53. The van der Waals surface area contributed by atoms with Gasteiger partial charge in [-0.05, 0) is 19.3 Å². The van der Waals surface area contributed by atoms with Crippen molar-refractivity contribution in [3.63, 3.8) is 0 Å². The highest BCUT2D eigenvalue weighted by molar-refractivity contribution is 7.13. The first-order chi connectivity index (χ1) is 11.7. The monoisotopic (exact) mass is 344 g/mol. The molecule has 1 aliphatic carbocycles. The van der Waals surface area contributed by atoms with Gasteiger partial charge >= 0.3 is 5.97 Å². The van der Waals surface area contributed by atoms with Crippen molar-refractivity contribution in [1.29, 1.82) is 0 Å². The quantitative estimate of drug-likeness (QED) is 0.924. The zero-order valence-corrected chi connectivity index (χ0v) is 14.2. The highest BCUT2D eigenvalue weighted by Gasteiger charge is 2.48. The molecule has 2 fully saturated rings. The SMILES string of the molecule is O=C(O)C1CN(Cc2csc(-c3ccccc3)n2)C2(CCC2)CO1. The zero-order valence-electron chi connectivity index (χ0n) is 13.4. The van der Waals surface area contributed by atoms with E-state index in [0.29, 0.717) is 19.7 Å². The molecule has 1 atom stereocenters. The molecule has 1 saturated heterocycles. The van der Waals surface area contributed by atoms with Crippen LogP contribution >= 0.6 is 11.3 Å². The number of carboxylic acid groups (broad SMARTS) is 1. The topological polar surface area (TPSA) is 62.7 Å². The van der Waals surface area contributed by atoms with E-state index >= 15 is 0 Å². The van der Waals surface area contributed by atoms with Gasteiger partial charge in [0.25, 0.3) is 0 Å². The van der Waals surface area contributed by atoms with Crippen LogP contribution in [0.1, 0.15) is 25.0 Å². The number of hydrogen-bond donors (Lipinski definition) is 1. The molecule has 4 rings (SSSR count).